The second-order valence-electron chi connectivity index (χ2n) is 7.70. The van der Waals surface area contributed by atoms with Crippen LogP contribution in [-0.2, 0) is 10.8 Å². The molecular formula is C17H36IN3O2S. The first-order chi connectivity index (χ1) is 10.7. The molecule has 0 spiro atoms. The summed E-state index contributed by atoms with van der Waals surface area (Å²) in [5, 5.41) is 16.7. The van der Waals surface area contributed by atoms with Crippen molar-refractivity contribution in [1.82, 2.24) is 10.6 Å². The Labute approximate surface area is 167 Å². The molecule has 3 unspecified atom stereocenters. The normalized spacial score (nSPS) is 26.4. The van der Waals surface area contributed by atoms with Gasteiger partial charge in [-0.25, -0.2) is 0 Å². The number of hydrogen-bond donors (Lipinski definition) is 3. The van der Waals surface area contributed by atoms with Crippen LogP contribution in [0.1, 0.15) is 60.3 Å². The molecule has 1 saturated carbocycles. The largest absolute Gasteiger partial charge is 0.392 e. The van der Waals surface area contributed by atoms with Crippen molar-refractivity contribution in [3.63, 3.8) is 0 Å². The summed E-state index contributed by atoms with van der Waals surface area (Å²) in [6, 6.07) is 0. The van der Waals surface area contributed by atoms with Crippen LogP contribution in [-0.4, -0.2) is 51.5 Å². The number of nitrogens with zero attached hydrogens (tertiary/aromatic N) is 1. The second-order valence-corrected chi connectivity index (χ2v) is 10.0. The van der Waals surface area contributed by atoms with Gasteiger partial charge in [0.25, 0.3) is 0 Å². The Kier molecular flexibility index (Phi) is 11.0. The molecule has 3 N–H and O–H groups in total. The zero-order valence-electron chi connectivity index (χ0n) is 15.9. The third-order valence-corrected chi connectivity index (χ3v) is 6.43. The molecule has 0 radical (unpaired) electrons. The molecule has 0 saturated heterocycles. The zero-order valence-corrected chi connectivity index (χ0v) is 19.0. The van der Waals surface area contributed by atoms with Gasteiger partial charge in [0.15, 0.2) is 5.96 Å². The number of halogens is 1. The molecule has 0 amide bonds. The highest BCUT2D eigenvalue weighted by Crippen LogP contribution is 2.36. The monoisotopic (exact) mass is 473 g/mol. The molecule has 0 aliphatic heterocycles. The van der Waals surface area contributed by atoms with Crippen molar-refractivity contribution >= 4 is 40.7 Å². The third kappa shape index (κ3) is 7.99. The van der Waals surface area contributed by atoms with Gasteiger partial charge in [0, 0.05) is 39.8 Å². The molecule has 144 valence electrons. The summed E-state index contributed by atoms with van der Waals surface area (Å²) in [6.07, 6.45) is 3.90. The van der Waals surface area contributed by atoms with E-state index in [0.717, 1.165) is 38.2 Å². The minimum absolute atomic E-state index is 0. The third-order valence-electron chi connectivity index (χ3n) is 4.49. The molecule has 3 atom stereocenters. The van der Waals surface area contributed by atoms with E-state index in [2.05, 4.69) is 22.5 Å². The van der Waals surface area contributed by atoms with Gasteiger partial charge in [0.2, 0.25) is 0 Å². The Morgan fingerprint density at radius 2 is 2.00 bits per heavy atom. The molecule has 7 heteroatoms. The van der Waals surface area contributed by atoms with Gasteiger partial charge < -0.3 is 15.7 Å². The molecule has 1 aliphatic carbocycles. The van der Waals surface area contributed by atoms with E-state index in [-0.39, 0.29) is 40.2 Å². The van der Waals surface area contributed by atoms with Crippen LogP contribution in [0.5, 0.6) is 0 Å². The van der Waals surface area contributed by atoms with Crippen LogP contribution < -0.4 is 10.6 Å². The first-order valence-corrected chi connectivity index (χ1v) is 10.1. The molecular weight excluding hydrogens is 437 g/mol. The summed E-state index contributed by atoms with van der Waals surface area (Å²) in [5.41, 5.74) is -0.130. The van der Waals surface area contributed by atoms with E-state index in [1.165, 1.54) is 0 Å². The van der Waals surface area contributed by atoms with E-state index in [1.807, 2.05) is 27.7 Å². The van der Waals surface area contributed by atoms with Gasteiger partial charge in [0.1, 0.15) is 0 Å². The molecule has 0 aromatic carbocycles. The van der Waals surface area contributed by atoms with Gasteiger partial charge in [-0.2, -0.15) is 0 Å². The average Bonchev–Trinajstić information content (AvgIpc) is 2.47. The van der Waals surface area contributed by atoms with Crippen LogP contribution in [0.4, 0.5) is 0 Å². The fourth-order valence-electron chi connectivity index (χ4n) is 2.74. The maximum atomic E-state index is 12.1. The van der Waals surface area contributed by atoms with Gasteiger partial charge in [0.05, 0.1) is 12.6 Å². The average molecular weight is 473 g/mol. The van der Waals surface area contributed by atoms with Crippen LogP contribution in [0.2, 0.25) is 0 Å². The second kappa shape index (κ2) is 11.0. The maximum absolute atomic E-state index is 12.1. The Hall–Kier alpha value is 0.110. The Morgan fingerprint density at radius 1 is 1.33 bits per heavy atom. The number of nitrogens with one attached hydrogen (secondary N) is 2. The highest BCUT2D eigenvalue weighted by Gasteiger charge is 2.35. The lowest BCUT2D eigenvalue weighted by Gasteiger charge is -2.37. The molecule has 1 aliphatic rings. The van der Waals surface area contributed by atoms with Gasteiger partial charge in [-0.1, -0.05) is 19.8 Å². The highest BCUT2D eigenvalue weighted by atomic mass is 127. The van der Waals surface area contributed by atoms with E-state index >= 15 is 0 Å². The van der Waals surface area contributed by atoms with Gasteiger partial charge in [-0.3, -0.25) is 9.20 Å². The molecule has 5 nitrogen and oxygen atoms in total. The van der Waals surface area contributed by atoms with Crippen LogP contribution in [0.3, 0.4) is 0 Å². The van der Waals surface area contributed by atoms with Gasteiger partial charge in [-0.05, 0) is 40.5 Å². The number of hydrogen-bond acceptors (Lipinski definition) is 3. The predicted molar refractivity (Wildman–Crippen MR) is 115 cm³/mol. The lowest BCUT2D eigenvalue weighted by molar-refractivity contribution is 0.00716. The van der Waals surface area contributed by atoms with Crippen molar-refractivity contribution in [1.29, 1.82) is 0 Å². The number of aliphatic imine (C=N–C) groups is 1. The van der Waals surface area contributed by atoms with Gasteiger partial charge in [-0.15, -0.1) is 24.0 Å². The van der Waals surface area contributed by atoms with E-state index < -0.39 is 10.8 Å². The van der Waals surface area contributed by atoms with Crippen LogP contribution >= 0.6 is 24.0 Å². The Balaban J connectivity index is 0.00000529. The number of aliphatic hydroxyl groups is 1. The maximum Gasteiger partial charge on any atom is 0.191 e. The smallest absolute Gasteiger partial charge is 0.191 e. The zero-order chi connectivity index (χ0) is 17.5. The first kappa shape index (κ1) is 24.1. The van der Waals surface area contributed by atoms with Crippen LogP contribution in [0, 0.1) is 5.41 Å². The first-order valence-electron chi connectivity index (χ1n) is 8.78. The molecule has 0 bridgehead atoms. The van der Waals surface area contributed by atoms with Crippen molar-refractivity contribution in [2.75, 3.05) is 25.4 Å². The molecule has 1 rings (SSSR count). The van der Waals surface area contributed by atoms with Crippen molar-refractivity contribution in [3.8, 4) is 0 Å². The van der Waals surface area contributed by atoms with E-state index in [4.69, 9.17) is 0 Å². The van der Waals surface area contributed by atoms with E-state index in [0.29, 0.717) is 18.8 Å². The predicted octanol–water partition coefficient (Wildman–Crippen LogP) is 2.65. The lowest BCUT2D eigenvalue weighted by atomic mass is 9.73. The molecule has 0 aromatic heterocycles. The summed E-state index contributed by atoms with van der Waals surface area (Å²) in [6.45, 7) is 12.2. The van der Waals surface area contributed by atoms with Crippen molar-refractivity contribution in [3.05, 3.63) is 0 Å². The molecule has 0 aromatic rings. The minimum Gasteiger partial charge on any atom is -0.392 e. The fraction of sp³-hybridized carbons (Fsp3) is 0.941. The van der Waals surface area contributed by atoms with Crippen molar-refractivity contribution < 1.29 is 9.32 Å². The van der Waals surface area contributed by atoms with Crippen molar-refractivity contribution in [2.45, 2.75) is 71.2 Å². The van der Waals surface area contributed by atoms with E-state index in [1.54, 1.807) is 0 Å². The number of aliphatic hydroxyl groups excluding tert-OH is 1. The summed E-state index contributed by atoms with van der Waals surface area (Å²) in [5.74, 6) is 1.35. The number of rotatable bonds is 6. The Morgan fingerprint density at radius 3 is 2.54 bits per heavy atom. The SMILES string of the molecule is CCNC(=NCC1(C)CCCCC1O)NCCS(=O)C(C)(C)C.I. The molecule has 24 heavy (non-hydrogen) atoms. The Bertz CT molecular complexity index is 427. The summed E-state index contributed by atoms with van der Waals surface area (Å²) in [7, 11) is -0.865. The molecule has 0 heterocycles. The summed E-state index contributed by atoms with van der Waals surface area (Å²) in [4.78, 5) is 4.65. The quantitative estimate of drug-likeness (QED) is 0.315. The van der Waals surface area contributed by atoms with Crippen LogP contribution in [0.25, 0.3) is 0 Å². The molecule has 1 fully saturated rings. The number of guanidine groups is 1. The lowest BCUT2D eigenvalue weighted by Crippen LogP contribution is -2.43. The summed E-state index contributed by atoms with van der Waals surface area (Å²) < 4.78 is 11.9. The highest BCUT2D eigenvalue weighted by molar-refractivity contribution is 14.0. The topological polar surface area (TPSA) is 73.7 Å². The van der Waals surface area contributed by atoms with Crippen molar-refractivity contribution in [2.24, 2.45) is 10.4 Å². The fourth-order valence-corrected chi connectivity index (χ4v) is 3.64. The van der Waals surface area contributed by atoms with E-state index in [9.17, 15) is 9.32 Å². The van der Waals surface area contributed by atoms with Gasteiger partial charge >= 0.3 is 0 Å². The minimum atomic E-state index is -0.865. The summed E-state index contributed by atoms with van der Waals surface area (Å²) >= 11 is 0. The van der Waals surface area contributed by atoms with Crippen LogP contribution in [0.15, 0.2) is 4.99 Å². The standard InChI is InChI=1S/C17H35N3O2S.HI/c1-6-18-15(19-11-12-23(22)16(2,3)4)20-13-17(5)10-8-7-9-14(17)21;/h14,21H,6-13H2,1-5H3,(H2,18,19,20);1H.